The highest BCUT2D eigenvalue weighted by Gasteiger charge is 2.08. The van der Waals surface area contributed by atoms with Crippen LogP contribution in [0, 0.1) is 0 Å². The molecule has 86 valence electrons. The minimum atomic E-state index is -0.332. The van der Waals surface area contributed by atoms with Gasteiger partial charge in [0.05, 0.1) is 13.3 Å². The van der Waals surface area contributed by atoms with Gasteiger partial charge in [0.2, 0.25) is 11.7 Å². The zero-order valence-electron chi connectivity index (χ0n) is 8.58. The number of aromatic hydroxyl groups is 2. The molecule has 0 aliphatic rings. The fourth-order valence-electron chi connectivity index (χ4n) is 1.01. The van der Waals surface area contributed by atoms with Crippen LogP contribution in [0.15, 0.2) is 22.3 Å². The van der Waals surface area contributed by atoms with Crippen molar-refractivity contribution in [3.8, 4) is 17.2 Å². The highest BCUT2D eigenvalue weighted by atomic mass is 16.5. The topological polar surface area (TPSA) is 126 Å². The Labute approximate surface area is 91.7 Å². The highest BCUT2D eigenvalue weighted by Crippen LogP contribution is 2.35. The first kappa shape index (κ1) is 11.6. The second-order valence-electron chi connectivity index (χ2n) is 2.86. The molecule has 1 rings (SSSR count). The summed E-state index contributed by atoms with van der Waals surface area (Å²) >= 11 is 0. The first-order valence-electron chi connectivity index (χ1n) is 4.26. The van der Waals surface area contributed by atoms with Gasteiger partial charge >= 0.3 is 0 Å². The highest BCUT2D eigenvalue weighted by molar-refractivity contribution is 5.83. The van der Waals surface area contributed by atoms with E-state index in [-0.39, 0.29) is 23.2 Å². The number of phenols is 2. The van der Waals surface area contributed by atoms with E-state index in [0.29, 0.717) is 5.56 Å². The molecule has 7 heteroatoms. The van der Waals surface area contributed by atoms with Crippen molar-refractivity contribution < 1.29 is 14.9 Å². The molecule has 7 nitrogen and oxygen atoms in total. The number of hydrogen-bond donors (Lipinski definition) is 4. The van der Waals surface area contributed by atoms with Gasteiger partial charge in [-0.1, -0.05) is 0 Å². The van der Waals surface area contributed by atoms with Crippen LogP contribution in [0.25, 0.3) is 0 Å². The summed E-state index contributed by atoms with van der Waals surface area (Å²) < 4.78 is 4.84. The van der Waals surface area contributed by atoms with Crippen LogP contribution in [-0.2, 0) is 0 Å². The summed E-state index contributed by atoms with van der Waals surface area (Å²) in [5.74, 6) is -0.690. The number of rotatable bonds is 3. The largest absolute Gasteiger partial charge is 0.504 e. The van der Waals surface area contributed by atoms with Crippen molar-refractivity contribution in [3.05, 3.63) is 17.7 Å². The van der Waals surface area contributed by atoms with Crippen LogP contribution in [0.1, 0.15) is 5.56 Å². The van der Waals surface area contributed by atoms with Crippen LogP contribution in [0.3, 0.4) is 0 Å². The molecule has 0 saturated heterocycles. The predicted molar refractivity (Wildman–Crippen MR) is 59.7 cm³/mol. The Hall–Kier alpha value is -2.44. The third kappa shape index (κ3) is 2.77. The van der Waals surface area contributed by atoms with Gasteiger partial charge in [0.25, 0.3) is 0 Å². The Kier molecular flexibility index (Phi) is 3.54. The standard InChI is InChI=1S/C9H12N4O3/c1-16-7-3-5(2-6(14)8(7)15)4-12-13-9(10)11/h2-4,14-15H,1H3,(H4,10,11,13). The molecule has 0 aliphatic heterocycles. The Bertz CT molecular complexity index is 439. The molecular weight excluding hydrogens is 212 g/mol. The van der Waals surface area contributed by atoms with Gasteiger partial charge in [-0.25, -0.2) is 0 Å². The van der Waals surface area contributed by atoms with Crippen molar-refractivity contribution in [2.45, 2.75) is 0 Å². The van der Waals surface area contributed by atoms with Crippen molar-refractivity contribution in [2.24, 2.45) is 21.7 Å². The lowest BCUT2D eigenvalue weighted by Gasteiger charge is -2.05. The molecule has 0 aromatic heterocycles. The lowest BCUT2D eigenvalue weighted by atomic mass is 10.2. The van der Waals surface area contributed by atoms with Crippen molar-refractivity contribution in [1.29, 1.82) is 0 Å². The van der Waals surface area contributed by atoms with Crippen LogP contribution in [0.5, 0.6) is 17.2 Å². The second kappa shape index (κ2) is 4.87. The summed E-state index contributed by atoms with van der Waals surface area (Å²) in [4.78, 5) is 0. The molecule has 0 bridgehead atoms. The van der Waals surface area contributed by atoms with Gasteiger partial charge in [0.15, 0.2) is 11.5 Å². The van der Waals surface area contributed by atoms with E-state index in [2.05, 4.69) is 10.2 Å². The quantitative estimate of drug-likeness (QED) is 0.243. The van der Waals surface area contributed by atoms with Crippen molar-refractivity contribution in [3.63, 3.8) is 0 Å². The van der Waals surface area contributed by atoms with Gasteiger partial charge in [-0.3, -0.25) is 0 Å². The first-order valence-corrected chi connectivity index (χ1v) is 4.26. The van der Waals surface area contributed by atoms with Gasteiger partial charge < -0.3 is 26.4 Å². The van der Waals surface area contributed by atoms with E-state index >= 15 is 0 Å². The van der Waals surface area contributed by atoms with E-state index < -0.39 is 0 Å². The Morgan fingerprint density at radius 2 is 2.06 bits per heavy atom. The number of nitrogens with zero attached hydrogens (tertiary/aromatic N) is 2. The van der Waals surface area contributed by atoms with E-state index in [1.807, 2.05) is 0 Å². The van der Waals surface area contributed by atoms with Crippen LogP contribution in [0.2, 0.25) is 0 Å². The number of nitrogens with two attached hydrogens (primary N) is 2. The fraction of sp³-hybridized carbons (Fsp3) is 0.111. The van der Waals surface area contributed by atoms with Crippen molar-refractivity contribution >= 4 is 12.2 Å². The molecule has 0 fully saturated rings. The number of hydrogen-bond acceptors (Lipinski definition) is 5. The van der Waals surface area contributed by atoms with E-state index in [1.165, 1.54) is 25.5 Å². The van der Waals surface area contributed by atoms with E-state index in [0.717, 1.165) is 0 Å². The summed E-state index contributed by atoms with van der Waals surface area (Å²) in [7, 11) is 1.37. The number of guanidine groups is 1. The summed E-state index contributed by atoms with van der Waals surface area (Å²) in [6.45, 7) is 0. The molecule has 0 amide bonds. The number of phenolic OH excluding ortho intramolecular Hbond substituents is 2. The van der Waals surface area contributed by atoms with Crippen LogP contribution in [0.4, 0.5) is 0 Å². The van der Waals surface area contributed by atoms with E-state index in [4.69, 9.17) is 16.2 Å². The first-order chi connectivity index (χ1) is 7.54. The Morgan fingerprint density at radius 1 is 1.38 bits per heavy atom. The second-order valence-corrected chi connectivity index (χ2v) is 2.86. The molecule has 16 heavy (non-hydrogen) atoms. The maximum atomic E-state index is 9.35. The van der Waals surface area contributed by atoms with E-state index in [9.17, 15) is 10.2 Å². The van der Waals surface area contributed by atoms with Crippen molar-refractivity contribution in [1.82, 2.24) is 0 Å². The van der Waals surface area contributed by atoms with Gasteiger partial charge in [-0.15, -0.1) is 5.10 Å². The Morgan fingerprint density at radius 3 is 2.62 bits per heavy atom. The minimum absolute atomic E-state index is 0.131. The Balaban J connectivity index is 3.03. The fourth-order valence-corrected chi connectivity index (χ4v) is 1.01. The van der Waals surface area contributed by atoms with Crippen LogP contribution < -0.4 is 16.2 Å². The number of methoxy groups -OCH3 is 1. The molecule has 0 radical (unpaired) electrons. The van der Waals surface area contributed by atoms with Crippen molar-refractivity contribution in [2.75, 3.05) is 7.11 Å². The van der Waals surface area contributed by atoms with Crippen LogP contribution in [-0.4, -0.2) is 29.5 Å². The van der Waals surface area contributed by atoms with Gasteiger partial charge in [-0.05, 0) is 12.1 Å². The molecule has 0 aliphatic carbocycles. The number of benzene rings is 1. The van der Waals surface area contributed by atoms with Gasteiger partial charge in [0.1, 0.15) is 0 Å². The van der Waals surface area contributed by atoms with Gasteiger partial charge in [-0.2, -0.15) is 5.10 Å². The molecule has 0 spiro atoms. The average molecular weight is 224 g/mol. The predicted octanol–water partition coefficient (Wildman–Crippen LogP) is -0.286. The smallest absolute Gasteiger partial charge is 0.211 e. The SMILES string of the molecule is COc1cc(C=NN=C(N)N)cc(O)c1O. The molecule has 6 N–H and O–H groups in total. The monoisotopic (exact) mass is 224 g/mol. The zero-order chi connectivity index (χ0) is 12.1. The minimum Gasteiger partial charge on any atom is -0.504 e. The average Bonchev–Trinajstić information content (AvgIpc) is 2.22. The zero-order valence-corrected chi connectivity index (χ0v) is 8.58. The molecule has 0 atom stereocenters. The summed E-state index contributed by atoms with van der Waals surface area (Å²) in [6, 6.07) is 2.77. The summed E-state index contributed by atoms with van der Waals surface area (Å²) in [5.41, 5.74) is 10.6. The van der Waals surface area contributed by atoms with Gasteiger partial charge in [0, 0.05) is 5.56 Å². The summed E-state index contributed by atoms with van der Waals surface area (Å²) in [6.07, 6.45) is 1.31. The molecule has 1 aromatic rings. The third-order valence-corrected chi connectivity index (χ3v) is 1.68. The summed E-state index contributed by atoms with van der Waals surface area (Å²) in [5, 5.41) is 25.6. The lowest BCUT2D eigenvalue weighted by Crippen LogP contribution is -2.21. The normalized spacial score (nSPS) is 10.3. The van der Waals surface area contributed by atoms with Crippen LogP contribution >= 0.6 is 0 Å². The maximum Gasteiger partial charge on any atom is 0.211 e. The molecular formula is C9H12N4O3. The van der Waals surface area contributed by atoms with E-state index in [1.54, 1.807) is 0 Å². The lowest BCUT2D eigenvalue weighted by molar-refractivity contribution is 0.351. The molecule has 0 heterocycles. The number of ether oxygens (including phenoxy) is 1. The molecule has 0 unspecified atom stereocenters. The maximum absolute atomic E-state index is 9.35. The molecule has 0 saturated carbocycles. The third-order valence-electron chi connectivity index (χ3n) is 1.68. The molecule has 1 aromatic carbocycles.